The maximum absolute atomic E-state index is 14.3. The molecule has 13 nitrogen and oxygen atoms in total. The third kappa shape index (κ3) is 8.61. The van der Waals surface area contributed by atoms with Gasteiger partial charge in [-0.3, -0.25) is 9.59 Å². The highest BCUT2D eigenvalue weighted by Crippen LogP contribution is 2.39. The largest absolute Gasteiger partial charge is 0.458 e. The lowest BCUT2D eigenvalue weighted by molar-refractivity contribution is -0.298. The molecule has 1 saturated carbocycles. The number of likely N-dealkylation sites (N-methyl/N-ethyl adjacent to an activating group) is 3. The quantitative estimate of drug-likeness (QED) is 0.285. The maximum Gasteiger partial charge on any atom is 0.408 e. The number of ketones is 1. The van der Waals surface area contributed by atoms with E-state index in [1.54, 1.807) is 27.9 Å². The molecule has 13 heteroatoms. The first-order valence-electron chi connectivity index (χ1n) is 18.2. The van der Waals surface area contributed by atoms with Crippen LogP contribution in [0.4, 0.5) is 4.79 Å². The van der Waals surface area contributed by atoms with Crippen molar-refractivity contribution in [2.24, 2.45) is 17.8 Å². The molecule has 0 spiro atoms. The number of cyclic esters (lactones) is 1. The van der Waals surface area contributed by atoms with E-state index in [1.807, 2.05) is 46.8 Å². The van der Waals surface area contributed by atoms with Crippen LogP contribution in [0.15, 0.2) is 0 Å². The smallest absolute Gasteiger partial charge is 0.408 e. The Balaban J connectivity index is 1.70. The molecule has 0 aromatic rings. The Labute approximate surface area is 293 Å². The molecule has 4 fully saturated rings. The minimum Gasteiger partial charge on any atom is -0.458 e. The summed E-state index contributed by atoms with van der Waals surface area (Å²) in [6.07, 6.45) is -0.568. The zero-order valence-electron chi connectivity index (χ0n) is 31.9. The SMILES string of the molecule is CC[C@H]1OC(=O)C(C)C(=O)[C@H](C)[C@@H](OC2OC(CN(C)C3CC3)CC(N(C)C)C2O)[C@](C)(OC)C[C@@H](C)CN(C)[C@H](C)[C@H]2NC(=O)O[C@@]21C. The second-order valence-electron chi connectivity index (χ2n) is 16.1. The van der Waals surface area contributed by atoms with Crippen molar-refractivity contribution < 1.29 is 43.2 Å². The van der Waals surface area contributed by atoms with Crippen LogP contribution in [-0.4, -0.2) is 152 Å². The Kier molecular flexibility index (Phi) is 12.9. The second-order valence-corrected chi connectivity index (χ2v) is 16.1. The molecular formula is C36H64N4O9. The number of carbonyl (C=O) groups is 3. The van der Waals surface area contributed by atoms with Crippen LogP contribution in [0.5, 0.6) is 0 Å². The van der Waals surface area contributed by atoms with Gasteiger partial charge >= 0.3 is 12.1 Å². The summed E-state index contributed by atoms with van der Waals surface area (Å²) < 4.78 is 31.4. The normalized spacial score (nSPS) is 43.4. The Morgan fingerprint density at radius 1 is 1.08 bits per heavy atom. The van der Waals surface area contributed by atoms with Crippen molar-refractivity contribution >= 4 is 17.8 Å². The molecule has 3 heterocycles. The van der Waals surface area contributed by atoms with Crippen LogP contribution < -0.4 is 5.32 Å². The van der Waals surface area contributed by atoms with Gasteiger partial charge in [-0.05, 0) is 93.9 Å². The fourth-order valence-corrected chi connectivity index (χ4v) is 8.50. The standard InChI is InChI=1S/C36H64N4O9/c1-13-27-36(7)30(37-34(44)49-36)23(5)39(10)18-20(2)17-35(6,45-12)31(21(3)28(41)22(4)32(43)47-27)48-33-29(42)26(38(8)9)16-25(46-33)19-40(11)24-14-15-24/h20-27,29-31,33,42H,13-19H2,1-12H3,(H,37,44)/t20-,21+,22?,23-,25?,26?,27-,29?,30-,31-,33?,35-,36-/m1/s1. The first kappa shape index (κ1) is 39.9. The Bertz CT molecular complexity index is 1170. The molecular weight excluding hydrogens is 632 g/mol. The number of Topliss-reactive ketones (excluding diaryl/α,β-unsaturated/α-hetero) is 1. The van der Waals surface area contributed by atoms with E-state index in [0.717, 1.165) is 0 Å². The maximum atomic E-state index is 14.3. The van der Waals surface area contributed by atoms with Crippen LogP contribution >= 0.6 is 0 Å². The lowest BCUT2D eigenvalue weighted by Crippen LogP contribution is -2.60. The van der Waals surface area contributed by atoms with Gasteiger partial charge in [0.2, 0.25) is 0 Å². The van der Waals surface area contributed by atoms with Gasteiger partial charge in [-0.25, -0.2) is 4.79 Å². The van der Waals surface area contributed by atoms with Crippen molar-refractivity contribution in [2.45, 2.75) is 147 Å². The lowest BCUT2D eigenvalue weighted by atomic mass is 9.78. The molecule has 2 N–H and O–H groups in total. The highest BCUT2D eigenvalue weighted by Gasteiger charge is 2.56. The number of esters is 1. The minimum atomic E-state index is -1.15. The number of rotatable bonds is 8. The van der Waals surface area contributed by atoms with Crippen LogP contribution in [0, 0.1) is 17.8 Å². The fourth-order valence-electron chi connectivity index (χ4n) is 8.50. The van der Waals surface area contributed by atoms with E-state index < -0.39 is 65.7 Å². The Morgan fingerprint density at radius 2 is 1.73 bits per heavy atom. The van der Waals surface area contributed by atoms with Gasteiger partial charge in [0.05, 0.1) is 23.9 Å². The average molecular weight is 697 g/mol. The van der Waals surface area contributed by atoms with Crippen molar-refractivity contribution in [3.8, 4) is 0 Å². The number of ether oxygens (including phenoxy) is 5. The van der Waals surface area contributed by atoms with E-state index in [1.165, 1.54) is 12.8 Å². The third-order valence-electron chi connectivity index (χ3n) is 11.9. The molecule has 3 saturated heterocycles. The van der Waals surface area contributed by atoms with Crippen LogP contribution in [-0.2, 0) is 33.3 Å². The zero-order valence-corrected chi connectivity index (χ0v) is 31.9. The highest BCUT2D eigenvalue weighted by molar-refractivity contribution is 6.00. The van der Waals surface area contributed by atoms with Crippen molar-refractivity contribution in [1.29, 1.82) is 0 Å². The number of nitrogens with one attached hydrogen (secondary N) is 1. The molecule has 0 aromatic heterocycles. The molecule has 49 heavy (non-hydrogen) atoms. The van der Waals surface area contributed by atoms with Crippen LogP contribution in [0.2, 0.25) is 0 Å². The summed E-state index contributed by atoms with van der Waals surface area (Å²) >= 11 is 0. The summed E-state index contributed by atoms with van der Waals surface area (Å²) in [5.41, 5.74) is -2.16. The van der Waals surface area contributed by atoms with Gasteiger partial charge in [0.1, 0.15) is 18.1 Å². The lowest BCUT2D eigenvalue weighted by Gasteiger charge is -2.47. The number of amides is 1. The summed E-state index contributed by atoms with van der Waals surface area (Å²) in [7, 11) is 9.58. The summed E-state index contributed by atoms with van der Waals surface area (Å²) in [6.45, 7) is 14.3. The monoisotopic (exact) mass is 696 g/mol. The molecule has 0 aromatic carbocycles. The van der Waals surface area contributed by atoms with Crippen molar-refractivity contribution in [3.63, 3.8) is 0 Å². The average Bonchev–Trinajstić information content (AvgIpc) is 3.85. The van der Waals surface area contributed by atoms with E-state index in [2.05, 4.69) is 29.1 Å². The van der Waals surface area contributed by atoms with E-state index >= 15 is 0 Å². The molecule has 4 aliphatic rings. The highest BCUT2D eigenvalue weighted by atomic mass is 16.7. The van der Waals surface area contributed by atoms with Crippen LogP contribution in [0.25, 0.3) is 0 Å². The molecule has 4 rings (SSSR count). The van der Waals surface area contributed by atoms with Gasteiger partial charge in [0.25, 0.3) is 0 Å². The minimum absolute atomic E-state index is 0.0455. The molecule has 282 valence electrons. The van der Waals surface area contributed by atoms with E-state index in [-0.39, 0.29) is 29.9 Å². The Morgan fingerprint density at radius 3 is 2.31 bits per heavy atom. The molecule has 1 aliphatic carbocycles. The predicted molar refractivity (Wildman–Crippen MR) is 184 cm³/mol. The molecule has 13 atom stereocenters. The summed E-state index contributed by atoms with van der Waals surface area (Å²) in [5, 5.41) is 14.6. The van der Waals surface area contributed by atoms with E-state index in [0.29, 0.717) is 38.4 Å². The topological polar surface area (TPSA) is 139 Å². The molecule has 5 unspecified atom stereocenters. The van der Waals surface area contributed by atoms with Crippen molar-refractivity contribution in [1.82, 2.24) is 20.0 Å². The predicted octanol–water partition coefficient (Wildman–Crippen LogP) is 2.67. The van der Waals surface area contributed by atoms with Crippen molar-refractivity contribution in [3.05, 3.63) is 0 Å². The van der Waals surface area contributed by atoms with Gasteiger partial charge < -0.3 is 48.8 Å². The Hall–Kier alpha value is -1.87. The third-order valence-corrected chi connectivity index (χ3v) is 11.9. The number of hydrogen-bond acceptors (Lipinski definition) is 12. The summed E-state index contributed by atoms with van der Waals surface area (Å²) in [5.74, 6) is -3.00. The van der Waals surface area contributed by atoms with Crippen LogP contribution in [0.1, 0.15) is 80.6 Å². The van der Waals surface area contributed by atoms with Gasteiger partial charge in [-0.2, -0.15) is 0 Å². The summed E-state index contributed by atoms with van der Waals surface area (Å²) in [4.78, 5) is 47.1. The van der Waals surface area contributed by atoms with Gasteiger partial charge in [-0.1, -0.05) is 20.8 Å². The van der Waals surface area contributed by atoms with Gasteiger partial charge in [0.15, 0.2) is 17.7 Å². The van der Waals surface area contributed by atoms with Gasteiger partial charge in [-0.15, -0.1) is 0 Å². The number of methoxy groups -OCH3 is 1. The fraction of sp³-hybridized carbons (Fsp3) is 0.917. The molecule has 1 amide bonds. The van der Waals surface area contributed by atoms with E-state index in [9.17, 15) is 19.5 Å². The number of aliphatic hydroxyl groups excluding tert-OH is 1. The number of hydrogen-bond donors (Lipinski definition) is 2. The van der Waals surface area contributed by atoms with Crippen LogP contribution in [0.3, 0.4) is 0 Å². The number of alkyl carbamates (subject to hydrolysis) is 1. The summed E-state index contributed by atoms with van der Waals surface area (Å²) in [6, 6.07) is -0.339. The first-order chi connectivity index (χ1) is 22.9. The van der Waals surface area contributed by atoms with Gasteiger partial charge in [0, 0.05) is 44.2 Å². The second kappa shape index (κ2) is 15.8. The number of fused-ring (bicyclic) bond motifs is 1. The van der Waals surface area contributed by atoms with Crippen molar-refractivity contribution in [2.75, 3.05) is 48.4 Å². The number of carbonyl (C=O) groups excluding carboxylic acids is 3. The molecule has 0 bridgehead atoms. The number of nitrogens with zero attached hydrogens (tertiary/aromatic N) is 3. The zero-order chi connectivity index (χ0) is 36.6. The van der Waals surface area contributed by atoms with E-state index in [4.69, 9.17) is 23.7 Å². The molecule has 3 aliphatic heterocycles. The number of aliphatic hydroxyl groups is 1. The first-order valence-corrected chi connectivity index (χ1v) is 18.2. The molecule has 0 radical (unpaired) electrons.